The van der Waals surface area contributed by atoms with Crippen LogP contribution in [0.2, 0.25) is 0 Å². The van der Waals surface area contributed by atoms with E-state index in [0.717, 1.165) is 19.3 Å². The SMILES string of the molecule is CCCCCCCCCCCCCCCCCCOC(=O)C(C)(C)CCCCCCCCCCCCCCCCCC.N. The lowest BCUT2D eigenvalue weighted by atomic mass is 9.87. The molecule has 0 amide bonds. The van der Waals surface area contributed by atoms with Crippen molar-refractivity contribution >= 4 is 5.97 Å². The molecule has 0 atom stereocenters. The topological polar surface area (TPSA) is 61.3 Å². The first-order chi connectivity index (χ1) is 20.5. The molecule has 0 aromatic heterocycles. The van der Waals surface area contributed by atoms with Crippen LogP contribution in [0.1, 0.15) is 240 Å². The molecule has 0 bridgehead atoms. The second kappa shape index (κ2) is 35.9. The van der Waals surface area contributed by atoms with E-state index >= 15 is 0 Å². The summed E-state index contributed by atoms with van der Waals surface area (Å²) in [6.07, 6.45) is 45.1. The number of rotatable bonds is 35. The van der Waals surface area contributed by atoms with Crippen molar-refractivity contribution < 1.29 is 9.53 Å². The van der Waals surface area contributed by atoms with E-state index in [-0.39, 0.29) is 17.5 Å². The average molecular weight is 610 g/mol. The molecule has 0 fully saturated rings. The molecular weight excluding hydrogens is 526 g/mol. The number of hydrogen-bond acceptors (Lipinski definition) is 3. The van der Waals surface area contributed by atoms with Gasteiger partial charge in [0.2, 0.25) is 0 Å². The van der Waals surface area contributed by atoms with E-state index in [2.05, 4.69) is 27.7 Å². The Balaban J connectivity index is 0. The second-order valence-electron chi connectivity index (χ2n) is 14.4. The summed E-state index contributed by atoms with van der Waals surface area (Å²) in [5.41, 5.74) is -0.328. The number of unbranched alkanes of at least 4 members (excludes halogenated alkanes) is 30. The maximum absolute atomic E-state index is 12.6. The fourth-order valence-electron chi connectivity index (χ4n) is 6.23. The van der Waals surface area contributed by atoms with Gasteiger partial charge in [0.1, 0.15) is 0 Å². The number of hydrogen-bond donors (Lipinski definition) is 1. The van der Waals surface area contributed by atoms with Crippen LogP contribution in [0.15, 0.2) is 0 Å². The van der Waals surface area contributed by atoms with Gasteiger partial charge in [0.25, 0.3) is 0 Å². The van der Waals surface area contributed by atoms with Crippen LogP contribution in [0.3, 0.4) is 0 Å². The summed E-state index contributed by atoms with van der Waals surface area (Å²) in [5.74, 6) is 0.0180. The van der Waals surface area contributed by atoms with Gasteiger partial charge in [-0.05, 0) is 26.7 Å². The van der Waals surface area contributed by atoms with E-state index in [9.17, 15) is 4.79 Å². The second-order valence-corrected chi connectivity index (χ2v) is 14.4. The number of esters is 1. The molecule has 0 rings (SSSR count). The van der Waals surface area contributed by atoms with Gasteiger partial charge in [-0.3, -0.25) is 4.79 Å². The summed E-state index contributed by atoms with van der Waals surface area (Å²) in [6, 6.07) is 0. The van der Waals surface area contributed by atoms with E-state index in [1.807, 2.05) is 0 Å². The molecule has 0 radical (unpaired) electrons. The molecule has 0 unspecified atom stereocenters. The van der Waals surface area contributed by atoms with Crippen molar-refractivity contribution in [3.05, 3.63) is 0 Å². The van der Waals surface area contributed by atoms with Crippen molar-refractivity contribution in [3.63, 3.8) is 0 Å². The van der Waals surface area contributed by atoms with Gasteiger partial charge in [-0.1, -0.05) is 213 Å². The zero-order valence-electron chi connectivity index (χ0n) is 30.6. The van der Waals surface area contributed by atoms with E-state index in [1.54, 1.807) is 0 Å². The van der Waals surface area contributed by atoms with Crippen molar-refractivity contribution in [2.24, 2.45) is 5.41 Å². The smallest absolute Gasteiger partial charge is 0.311 e. The molecule has 3 N–H and O–H groups in total. The quantitative estimate of drug-likeness (QED) is 0.0574. The van der Waals surface area contributed by atoms with Crippen molar-refractivity contribution in [2.75, 3.05) is 6.61 Å². The van der Waals surface area contributed by atoms with Crippen LogP contribution in [0.25, 0.3) is 0 Å². The highest BCUT2D eigenvalue weighted by Crippen LogP contribution is 2.26. The van der Waals surface area contributed by atoms with Gasteiger partial charge in [0.05, 0.1) is 12.0 Å². The van der Waals surface area contributed by atoms with E-state index in [0.29, 0.717) is 6.61 Å². The maximum atomic E-state index is 12.6. The predicted octanol–water partition coefficient (Wildman–Crippen LogP) is 14.6. The third-order valence-corrected chi connectivity index (χ3v) is 9.44. The van der Waals surface area contributed by atoms with E-state index in [4.69, 9.17) is 4.74 Å². The van der Waals surface area contributed by atoms with Crippen LogP contribution < -0.4 is 6.15 Å². The van der Waals surface area contributed by atoms with Crippen molar-refractivity contribution in [3.8, 4) is 0 Å². The first-order valence-corrected chi connectivity index (χ1v) is 19.7. The summed E-state index contributed by atoms with van der Waals surface area (Å²) in [7, 11) is 0. The molecule has 43 heavy (non-hydrogen) atoms. The lowest BCUT2D eigenvalue weighted by molar-refractivity contribution is -0.154. The summed E-state index contributed by atoms with van der Waals surface area (Å²) in [4.78, 5) is 12.6. The molecule has 0 aromatic carbocycles. The molecule has 3 nitrogen and oxygen atoms in total. The van der Waals surface area contributed by atoms with Crippen LogP contribution in [0, 0.1) is 5.41 Å². The molecule has 0 aliphatic rings. The zero-order valence-corrected chi connectivity index (χ0v) is 30.6. The van der Waals surface area contributed by atoms with Crippen LogP contribution in [0.5, 0.6) is 0 Å². The van der Waals surface area contributed by atoms with Gasteiger partial charge in [-0.15, -0.1) is 0 Å². The minimum absolute atomic E-state index is 0. The normalized spacial score (nSPS) is 11.5. The Morgan fingerprint density at radius 2 is 0.628 bits per heavy atom. The van der Waals surface area contributed by atoms with Gasteiger partial charge in [0.15, 0.2) is 0 Å². The molecule has 0 heterocycles. The van der Waals surface area contributed by atoms with Gasteiger partial charge in [-0.2, -0.15) is 0 Å². The first-order valence-electron chi connectivity index (χ1n) is 19.7. The minimum Gasteiger partial charge on any atom is -0.465 e. The Morgan fingerprint density at radius 1 is 0.395 bits per heavy atom. The monoisotopic (exact) mass is 610 g/mol. The zero-order chi connectivity index (χ0) is 30.8. The lowest BCUT2D eigenvalue weighted by Gasteiger charge is -2.22. The third kappa shape index (κ3) is 34.1. The molecule has 0 aromatic rings. The summed E-state index contributed by atoms with van der Waals surface area (Å²) < 4.78 is 5.67. The van der Waals surface area contributed by atoms with Gasteiger partial charge in [0, 0.05) is 0 Å². The van der Waals surface area contributed by atoms with Crippen molar-refractivity contribution in [2.45, 2.75) is 240 Å². The Hall–Kier alpha value is -0.570. The van der Waals surface area contributed by atoms with Gasteiger partial charge in [-0.25, -0.2) is 0 Å². The standard InChI is InChI=1S/C40H80O2.H3N/c1-5-7-9-11-13-15-17-19-21-23-25-27-29-31-33-35-37-40(3,4)39(41)42-38-36-34-32-30-28-26-24-22-20-18-16-14-12-10-8-6-2;/h5-38H2,1-4H3;1H3. The Kier molecular flexibility index (Phi) is 37.2. The highest BCUT2D eigenvalue weighted by atomic mass is 16.5. The van der Waals surface area contributed by atoms with Crippen LogP contribution in [-0.4, -0.2) is 12.6 Å². The number of carbonyl (C=O) groups is 1. The molecule has 0 spiro atoms. The van der Waals surface area contributed by atoms with Crippen molar-refractivity contribution in [1.29, 1.82) is 0 Å². The van der Waals surface area contributed by atoms with Crippen LogP contribution >= 0.6 is 0 Å². The molecule has 3 heteroatoms. The first kappa shape index (κ1) is 44.6. The minimum atomic E-state index is -0.328. The molecule has 0 saturated carbocycles. The van der Waals surface area contributed by atoms with E-state index in [1.165, 1.54) is 193 Å². The third-order valence-electron chi connectivity index (χ3n) is 9.44. The largest absolute Gasteiger partial charge is 0.465 e. The average Bonchev–Trinajstić information content (AvgIpc) is 2.98. The molecule has 0 aliphatic carbocycles. The fourth-order valence-corrected chi connectivity index (χ4v) is 6.23. The summed E-state index contributed by atoms with van der Waals surface area (Å²) >= 11 is 0. The molecular formula is C40H83NO2. The van der Waals surface area contributed by atoms with Crippen LogP contribution in [0.4, 0.5) is 0 Å². The predicted molar refractivity (Wildman–Crippen MR) is 193 cm³/mol. The maximum Gasteiger partial charge on any atom is 0.311 e. The van der Waals surface area contributed by atoms with Crippen molar-refractivity contribution in [1.82, 2.24) is 6.15 Å². The number of carbonyl (C=O) groups excluding carboxylic acids is 1. The highest BCUT2D eigenvalue weighted by Gasteiger charge is 2.28. The lowest BCUT2D eigenvalue weighted by Crippen LogP contribution is -2.27. The molecule has 0 aliphatic heterocycles. The highest BCUT2D eigenvalue weighted by molar-refractivity contribution is 5.75. The summed E-state index contributed by atoms with van der Waals surface area (Å²) in [6.45, 7) is 9.35. The van der Waals surface area contributed by atoms with Gasteiger partial charge < -0.3 is 10.9 Å². The molecule has 0 saturated heterocycles. The van der Waals surface area contributed by atoms with E-state index < -0.39 is 0 Å². The Labute approximate surface area is 272 Å². The summed E-state index contributed by atoms with van der Waals surface area (Å²) in [5, 5.41) is 0. The Morgan fingerprint density at radius 3 is 0.907 bits per heavy atom. The number of ether oxygens (including phenoxy) is 1. The van der Waals surface area contributed by atoms with Gasteiger partial charge >= 0.3 is 5.97 Å². The van der Waals surface area contributed by atoms with Crippen LogP contribution in [-0.2, 0) is 9.53 Å². The molecule has 260 valence electrons. The fraction of sp³-hybridized carbons (Fsp3) is 0.975. The Bertz CT molecular complexity index is 533.